The average molecular weight is 636 g/mol. The number of benzene rings is 7. The van der Waals surface area contributed by atoms with Crippen molar-refractivity contribution in [3.05, 3.63) is 168 Å². The Balaban J connectivity index is 1.18. The summed E-state index contributed by atoms with van der Waals surface area (Å²) in [6.07, 6.45) is 0. The first-order chi connectivity index (χ1) is 24.7. The van der Waals surface area contributed by atoms with Gasteiger partial charge in [-0.2, -0.15) is 15.8 Å². The summed E-state index contributed by atoms with van der Waals surface area (Å²) in [5.41, 5.74) is 11.5. The second-order valence-electron chi connectivity index (χ2n) is 12.3. The zero-order chi connectivity index (χ0) is 33.8. The lowest BCUT2D eigenvalue weighted by Gasteiger charge is -2.16. The fraction of sp³-hybridized carbons (Fsp3) is 0. The van der Waals surface area contributed by atoms with Gasteiger partial charge in [-0.15, -0.1) is 0 Å². The minimum atomic E-state index is 0.575. The maximum Gasteiger partial charge on any atom is 0.101 e. The van der Waals surface area contributed by atoms with Gasteiger partial charge in [-0.1, -0.05) is 97.1 Å². The molecule has 50 heavy (non-hydrogen) atoms. The van der Waals surface area contributed by atoms with E-state index in [2.05, 4.69) is 112 Å². The molecule has 0 aliphatic carbocycles. The molecule has 0 aliphatic rings. The number of nitriles is 3. The molecule has 9 rings (SSSR count). The van der Waals surface area contributed by atoms with Crippen LogP contribution in [0.4, 0.5) is 0 Å². The number of nitrogens with zero attached hydrogens (tertiary/aromatic N) is 5. The zero-order valence-electron chi connectivity index (χ0n) is 26.7. The van der Waals surface area contributed by atoms with Crippen molar-refractivity contribution in [1.29, 1.82) is 15.8 Å². The molecule has 0 amide bonds. The van der Waals surface area contributed by atoms with Gasteiger partial charge in [-0.25, -0.2) is 0 Å². The van der Waals surface area contributed by atoms with Gasteiger partial charge in [0.05, 0.1) is 50.5 Å². The van der Waals surface area contributed by atoms with E-state index in [0.717, 1.165) is 77.2 Å². The van der Waals surface area contributed by atoms with Gasteiger partial charge in [0.1, 0.15) is 12.1 Å². The summed E-state index contributed by atoms with van der Waals surface area (Å²) in [4.78, 5) is 0. The second kappa shape index (κ2) is 11.4. The van der Waals surface area contributed by atoms with E-state index in [-0.39, 0.29) is 0 Å². The van der Waals surface area contributed by atoms with E-state index in [1.165, 1.54) is 0 Å². The zero-order valence-corrected chi connectivity index (χ0v) is 26.7. The van der Waals surface area contributed by atoms with Crippen LogP contribution in [0.15, 0.2) is 152 Å². The normalized spacial score (nSPS) is 11.1. The van der Waals surface area contributed by atoms with Crippen LogP contribution in [0.1, 0.15) is 16.7 Å². The molecule has 2 heterocycles. The van der Waals surface area contributed by atoms with E-state index in [0.29, 0.717) is 16.7 Å². The van der Waals surface area contributed by atoms with Crippen molar-refractivity contribution >= 4 is 43.6 Å². The highest BCUT2D eigenvalue weighted by molar-refractivity contribution is 6.12. The smallest absolute Gasteiger partial charge is 0.101 e. The van der Waals surface area contributed by atoms with Crippen LogP contribution < -0.4 is 0 Å². The highest BCUT2D eigenvalue weighted by atomic mass is 15.0. The number of para-hydroxylation sites is 4. The minimum absolute atomic E-state index is 0.575. The summed E-state index contributed by atoms with van der Waals surface area (Å²) in [7, 11) is 0. The lowest BCUT2D eigenvalue weighted by atomic mass is 9.97. The third kappa shape index (κ3) is 4.31. The first-order valence-electron chi connectivity index (χ1n) is 16.3. The molecule has 0 N–H and O–H groups in total. The van der Waals surface area contributed by atoms with Crippen molar-refractivity contribution in [3.8, 4) is 51.8 Å². The quantitative estimate of drug-likeness (QED) is 0.193. The van der Waals surface area contributed by atoms with Gasteiger partial charge in [0.25, 0.3) is 0 Å². The van der Waals surface area contributed by atoms with Crippen molar-refractivity contribution in [1.82, 2.24) is 9.13 Å². The second-order valence-corrected chi connectivity index (χ2v) is 12.3. The number of aromatic nitrogens is 2. The van der Waals surface area contributed by atoms with E-state index < -0.39 is 0 Å². The standard InChI is InChI=1S/C45H25N5/c46-26-29-18-23-43-40(24-29)39-15-7-10-34(28-48)45(39)49(43)35-11-5-8-32(25-35)30-19-21-31(22-20-30)36-14-6-9-33(27-47)44(36)50-41-16-3-1-12-37(41)38-13-2-4-17-42(38)50/h1-25H. The Morgan fingerprint density at radius 2 is 1.02 bits per heavy atom. The van der Waals surface area contributed by atoms with Crippen LogP contribution in [-0.2, 0) is 0 Å². The molecule has 2 aromatic heterocycles. The third-order valence-corrected chi connectivity index (χ3v) is 9.63. The highest BCUT2D eigenvalue weighted by Gasteiger charge is 2.19. The van der Waals surface area contributed by atoms with Gasteiger partial charge in [0, 0.05) is 32.8 Å². The highest BCUT2D eigenvalue weighted by Crippen LogP contribution is 2.39. The fourth-order valence-corrected chi connectivity index (χ4v) is 7.43. The Bertz CT molecular complexity index is 2900. The molecule has 230 valence electrons. The summed E-state index contributed by atoms with van der Waals surface area (Å²) in [5.74, 6) is 0. The van der Waals surface area contributed by atoms with Gasteiger partial charge in [0.2, 0.25) is 0 Å². The lowest BCUT2D eigenvalue weighted by Crippen LogP contribution is -2.00. The monoisotopic (exact) mass is 635 g/mol. The third-order valence-electron chi connectivity index (χ3n) is 9.63. The molecule has 9 aromatic rings. The first-order valence-corrected chi connectivity index (χ1v) is 16.3. The number of hydrogen-bond donors (Lipinski definition) is 0. The maximum atomic E-state index is 10.3. The molecule has 0 fully saturated rings. The Morgan fingerprint density at radius 1 is 0.400 bits per heavy atom. The number of rotatable bonds is 4. The Kier molecular flexibility index (Phi) is 6.56. The molecule has 7 aromatic carbocycles. The molecule has 0 saturated heterocycles. The minimum Gasteiger partial charge on any atom is -0.308 e. The van der Waals surface area contributed by atoms with Crippen molar-refractivity contribution in [3.63, 3.8) is 0 Å². The van der Waals surface area contributed by atoms with E-state index in [1.54, 1.807) is 0 Å². The molecular weight excluding hydrogens is 611 g/mol. The van der Waals surface area contributed by atoms with Gasteiger partial charge < -0.3 is 9.13 Å². The van der Waals surface area contributed by atoms with Crippen molar-refractivity contribution in [2.75, 3.05) is 0 Å². The van der Waals surface area contributed by atoms with Crippen LogP contribution in [0.3, 0.4) is 0 Å². The molecule has 5 nitrogen and oxygen atoms in total. The lowest BCUT2D eigenvalue weighted by molar-refractivity contribution is 1.17. The molecule has 5 heteroatoms. The summed E-state index contributed by atoms with van der Waals surface area (Å²) in [6.45, 7) is 0. The Hall–Kier alpha value is -7.39. The SMILES string of the molecule is N#Cc1ccc2c(c1)c1cccc(C#N)c1n2-c1cccc(-c2ccc(-c3cccc(C#N)c3-n3c4ccccc4c4ccccc43)cc2)c1. The predicted molar refractivity (Wildman–Crippen MR) is 200 cm³/mol. The summed E-state index contributed by atoms with van der Waals surface area (Å²) < 4.78 is 4.34. The number of fused-ring (bicyclic) bond motifs is 6. The first kappa shape index (κ1) is 28.8. The van der Waals surface area contributed by atoms with Crippen molar-refractivity contribution < 1.29 is 0 Å². The fourth-order valence-electron chi connectivity index (χ4n) is 7.43. The molecule has 0 radical (unpaired) electrons. The molecule has 0 aliphatic heterocycles. The molecule has 0 unspecified atom stereocenters. The van der Waals surface area contributed by atoms with Crippen LogP contribution in [-0.4, -0.2) is 9.13 Å². The summed E-state index contributed by atoms with van der Waals surface area (Å²) in [6, 6.07) is 57.9. The largest absolute Gasteiger partial charge is 0.308 e. The number of hydrogen-bond acceptors (Lipinski definition) is 3. The predicted octanol–water partition coefficient (Wildman–Crippen LogP) is 10.8. The van der Waals surface area contributed by atoms with Crippen molar-refractivity contribution in [2.24, 2.45) is 0 Å². The van der Waals surface area contributed by atoms with Gasteiger partial charge in [-0.3, -0.25) is 0 Å². The van der Waals surface area contributed by atoms with Gasteiger partial charge in [0.15, 0.2) is 0 Å². The van der Waals surface area contributed by atoms with Crippen LogP contribution in [0.25, 0.3) is 77.2 Å². The molecule has 0 saturated carbocycles. The van der Waals surface area contributed by atoms with Gasteiger partial charge >= 0.3 is 0 Å². The maximum absolute atomic E-state index is 10.3. The molecule has 0 bridgehead atoms. The summed E-state index contributed by atoms with van der Waals surface area (Å²) in [5, 5.41) is 34.2. The van der Waals surface area contributed by atoms with E-state index >= 15 is 0 Å². The summed E-state index contributed by atoms with van der Waals surface area (Å²) >= 11 is 0. The molecular formula is C45H25N5. The van der Waals surface area contributed by atoms with E-state index in [1.807, 2.05) is 66.7 Å². The molecule has 0 spiro atoms. The van der Waals surface area contributed by atoms with Gasteiger partial charge in [-0.05, 0) is 71.3 Å². The van der Waals surface area contributed by atoms with Crippen LogP contribution in [0, 0.1) is 34.0 Å². The van der Waals surface area contributed by atoms with Crippen LogP contribution >= 0.6 is 0 Å². The van der Waals surface area contributed by atoms with Crippen molar-refractivity contribution in [2.45, 2.75) is 0 Å². The average Bonchev–Trinajstić information content (AvgIpc) is 3.70. The Labute approximate surface area is 287 Å². The van der Waals surface area contributed by atoms with E-state index in [9.17, 15) is 15.8 Å². The van der Waals surface area contributed by atoms with Crippen LogP contribution in [0.2, 0.25) is 0 Å². The van der Waals surface area contributed by atoms with Crippen LogP contribution in [0.5, 0.6) is 0 Å². The van der Waals surface area contributed by atoms with E-state index in [4.69, 9.17) is 0 Å². The molecule has 0 atom stereocenters. The topological polar surface area (TPSA) is 81.2 Å². The Morgan fingerprint density at radius 3 is 1.74 bits per heavy atom.